The van der Waals surface area contributed by atoms with E-state index in [4.69, 9.17) is 9.84 Å². The zero-order valence-electron chi connectivity index (χ0n) is 9.41. The molecule has 96 valence electrons. The molecule has 1 heterocycles. The molecular formula is C11H12N2O5. The van der Waals surface area contributed by atoms with Crippen LogP contribution in [0.3, 0.4) is 0 Å². The van der Waals surface area contributed by atoms with Crippen molar-refractivity contribution in [1.82, 2.24) is 5.32 Å². The second-order valence-electron chi connectivity index (χ2n) is 4.03. The molecule has 1 aromatic carbocycles. The first-order valence-electron chi connectivity index (χ1n) is 5.43. The highest BCUT2D eigenvalue weighted by molar-refractivity contribution is 5.73. The van der Waals surface area contributed by atoms with Crippen molar-refractivity contribution in [3.63, 3.8) is 0 Å². The molecule has 1 fully saturated rings. The predicted octanol–water partition coefficient (Wildman–Crippen LogP) is 0.789. The molecule has 1 aromatic rings. The van der Waals surface area contributed by atoms with Crippen LogP contribution in [0.4, 0.5) is 5.69 Å². The van der Waals surface area contributed by atoms with Crippen LogP contribution in [-0.4, -0.2) is 34.7 Å². The molecule has 2 N–H and O–H groups in total. The number of aliphatic carboxylic acids is 1. The number of carbonyl (C=O) groups is 1. The second-order valence-corrected chi connectivity index (χ2v) is 4.03. The molecule has 0 amide bonds. The van der Waals surface area contributed by atoms with Crippen molar-refractivity contribution in [1.29, 1.82) is 0 Å². The Hall–Kier alpha value is -2.15. The Bertz CT molecular complexity index is 459. The summed E-state index contributed by atoms with van der Waals surface area (Å²) in [5.41, 5.74) is -0.00434. The Balaban J connectivity index is 1.94. The van der Waals surface area contributed by atoms with Crippen LogP contribution in [0.2, 0.25) is 0 Å². The molecule has 1 saturated heterocycles. The van der Waals surface area contributed by atoms with Gasteiger partial charge in [-0.1, -0.05) is 0 Å². The molecule has 7 heteroatoms. The van der Waals surface area contributed by atoms with E-state index in [9.17, 15) is 14.9 Å². The first kappa shape index (κ1) is 12.3. The number of carboxylic acid groups (broad SMARTS) is 1. The molecule has 7 nitrogen and oxygen atoms in total. The fourth-order valence-electron chi connectivity index (χ4n) is 1.82. The van der Waals surface area contributed by atoms with Gasteiger partial charge in [0.25, 0.3) is 5.69 Å². The van der Waals surface area contributed by atoms with E-state index in [-0.39, 0.29) is 11.8 Å². The predicted molar refractivity (Wildman–Crippen MR) is 61.6 cm³/mol. The van der Waals surface area contributed by atoms with E-state index in [1.165, 1.54) is 24.3 Å². The van der Waals surface area contributed by atoms with Crippen molar-refractivity contribution < 1.29 is 19.6 Å². The number of hydrogen-bond donors (Lipinski definition) is 2. The lowest BCUT2D eigenvalue weighted by Crippen LogP contribution is -2.30. The normalized spacial score (nSPS) is 22.7. The summed E-state index contributed by atoms with van der Waals surface area (Å²) >= 11 is 0. The van der Waals surface area contributed by atoms with Gasteiger partial charge in [-0.25, -0.2) is 0 Å². The molecule has 0 aliphatic carbocycles. The first-order chi connectivity index (χ1) is 8.56. The number of ether oxygens (including phenoxy) is 1. The van der Waals surface area contributed by atoms with Gasteiger partial charge >= 0.3 is 5.97 Å². The van der Waals surface area contributed by atoms with Crippen molar-refractivity contribution in [2.75, 3.05) is 6.54 Å². The minimum atomic E-state index is -0.898. The summed E-state index contributed by atoms with van der Waals surface area (Å²) in [6, 6.07) is 5.13. The van der Waals surface area contributed by atoms with E-state index in [0.717, 1.165) is 0 Å². The number of non-ortho nitro benzene ring substituents is 1. The first-order valence-corrected chi connectivity index (χ1v) is 5.43. The lowest BCUT2D eigenvalue weighted by atomic mass is 10.2. The smallest absolute Gasteiger partial charge is 0.320 e. The van der Waals surface area contributed by atoms with Crippen LogP contribution < -0.4 is 10.1 Å². The summed E-state index contributed by atoms with van der Waals surface area (Å²) in [4.78, 5) is 20.7. The number of nitrogens with zero attached hydrogens (tertiary/aromatic N) is 1. The molecule has 0 bridgehead atoms. The third-order valence-corrected chi connectivity index (χ3v) is 2.74. The summed E-state index contributed by atoms with van der Waals surface area (Å²) in [5.74, 6) is -0.400. The van der Waals surface area contributed by atoms with Crippen LogP contribution >= 0.6 is 0 Å². The van der Waals surface area contributed by atoms with Gasteiger partial charge < -0.3 is 15.2 Å². The van der Waals surface area contributed by atoms with Gasteiger partial charge in [-0.2, -0.15) is 0 Å². The van der Waals surface area contributed by atoms with Gasteiger partial charge in [0.05, 0.1) is 4.92 Å². The molecule has 2 atom stereocenters. The van der Waals surface area contributed by atoms with Crippen molar-refractivity contribution in [3.05, 3.63) is 34.4 Å². The lowest BCUT2D eigenvalue weighted by Gasteiger charge is -2.12. The van der Waals surface area contributed by atoms with Gasteiger partial charge in [-0.15, -0.1) is 0 Å². The minimum absolute atomic E-state index is 0.00434. The van der Waals surface area contributed by atoms with Crippen LogP contribution in [0, 0.1) is 10.1 Å². The van der Waals surface area contributed by atoms with Gasteiger partial charge in [0.15, 0.2) is 0 Å². The van der Waals surface area contributed by atoms with Gasteiger partial charge in [-0.3, -0.25) is 14.9 Å². The van der Waals surface area contributed by atoms with Crippen LogP contribution in [0.1, 0.15) is 6.42 Å². The Morgan fingerprint density at radius 2 is 2.11 bits per heavy atom. The van der Waals surface area contributed by atoms with Crippen LogP contribution in [0.25, 0.3) is 0 Å². The van der Waals surface area contributed by atoms with E-state index < -0.39 is 16.9 Å². The van der Waals surface area contributed by atoms with Crippen LogP contribution in [0.5, 0.6) is 5.75 Å². The number of nitro benzene ring substituents is 1. The van der Waals surface area contributed by atoms with E-state index in [1.54, 1.807) is 0 Å². The lowest BCUT2D eigenvalue weighted by molar-refractivity contribution is -0.384. The summed E-state index contributed by atoms with van der Waals surface area (Å²) in [5, 5.41) is 22.1. The highest BCUT2D eigenvalue weighted by Crippen LogP contribution is 2.20. The zero-order chi connectivity index (χ0) is 13.1. The highest BCUT2D eigenvalue weighted by atomic mass is 16.6. The number of rotatable bonds is 4. The maximum Gasteiger partial charge on any atom is 0.320 e. The van der Waals surface area contributed by atoms with Crippen molar-refractivity contribution in [3.8, 4) is 5.75 Å². The Kier molecular flexibility index (Phi) is 3.42. The van der Waals surface area contributed by atoms with Gasteiger partial charge in [0, 0.05) is 25.1 Å². The summed E-state index contributed by atoms with van der Waals surface area (Å²) in [6.45, 7) is 0.452. The monoisotopic (exact) mass is 252 g/mol. The maximum absolute atomic E-state index is 10.7. The quantitative estimate of drug-likeness (QED) is 0.606. The van der Waals surface area contributed by atoms with Gasteiger partial charge in [-0.05, 0) is 12.1 Å². The summed E-state index contributed by atoms with van der Waals surface area (Å²) < 4.78 is 5.54. The van der Waals surface area contributed by atoms with E-state index in [0.29, 0.717) is 18.7 Å². The molecule has 0 spiro atoms. The highest BCUT2D eigenvalue weighted by Gasteiger charge is 2.30. The largest absolute Gasteiger partial charge is 0.489 e. The van der Waals surface area contributed by atoms with Crippen molar-refractivity contribution >= 4 is 11.7 Å². The molecule has 1 aliphatic heterocycles. The third-order valence-electron chi connectivity index (χ3n) is 2.74. The third kappa shape index (κ3) is 2.75. The number of benzene rings is 1. The molecule has 0 unspecified atom stereocenters. The summed E-state index contributed by atoms with van der Waals surface area (Å²) in [7, 11) is 0. The Morgan fingerprint density at radius 3 is 2.61 bits per heavy atom. The summed E-state index contributed by atoms with van der Waals surface area (Å²) in [6.07, 6.45) is 0.152. The molecule has 18 heavy (non-hydrogen) atoms. The second kappa shape index (κ2) is 5.01. The van der Waals surface area contributed by atoms with Crippen LogP contribution in [-0.2, 0) is 4.79 Å². The zero-order valence-corrected chi connectivity index (χ0v) is 9.41. The van der Waals surface area contributed by atoms with Gasteiger partial charge in [0.2, 0.25) is 0 Å². The molecule has 0 radical (unpaired) electrons. The molecular weight excluding hydrogens is 240 g/mol. The van der Waals surface area contributed by atoms with Crippen LogP contribution in [0.15, 0.2) is 24.3 Å². The SMILES string of the molecule is O=C(O)[C@@H]1C[C@@H](Oc2ccc([N+](=O)[O-])cc2)CN1. The Labute approximate surface area is 103 Å². The van der Waals surface area contributed by atoms with E-state index in [1.807, 2.05) is 0 Å². The van der Waals surface area contributed by atoms with Crippen molar-refractivity contribution in [2.24, 2.45) is 0 Å². The molecule has 0 saturated carbocycles. The minimum Gasteiger partial charge on any atom is -0.489 e. The van der Waals surface area contributed by atoms with Gasteiger partial charge in [0.1, 0.15) is 17.9 Å². The van der Waals surface area contributed by atoms with E-state index >= 15 is 0 Å². The topological polar surface area (TPSA) is 102 Å². The fraction of sp³-hybridized carbons (Fsp3) is 0.364. The maximum atomic E-state index is 10.7. The number of nitro groups is 1. The average molecular weight is 252 g/mol. The fourth-order valence-corrected chi connectivity index (χ4v) is 1.82. The standard InChI is InChI=1S/C11H12N2O5/c14-11(15)10-5-9(6-12-10)18-8-3-1-7(2-4-8)13(16)17/h1-4,9-10,12H,5-6H2,(H,14,15)/t9-,10+/m1/s1. The average Bonchev–Trinajstić information content (AvgIpc) is 2.78. The number of carboxylic acids is 1. The van der Waals surface area contributed by atoms with Crippen molar-refractivity contribution in [2.45, 2.75) is 18.6 Å². The number of nitrogens with one attached hydrogen (secondary N) is 1. The molecule has 2 rings (SSSR count). The Morgan fingerprint density at radius 1 is 1.44 bits per heavy atom. The number of hydrogen-bond acceptors (Lipinski definition) is 5. The van der Waals surface area contributed by atoms with E-state index in [2.05, 4.69) is 5.32 Å². The molecule has 1 aliphatic rings. The molecule has 0 aromatic heterocycles.